The number of carbonyl (C=O) groups is 1. The molecule has 0 aliphatic heterocycles. The molecular weight excluding hydrogens is 409 g/mol. The predicted molar refractivity (Wildman–Crippen MR) is 96.4 cm³/mol. The second-order valence-corrected chi connectivity index (χ2v) is 5.86. The third-order valence-corrected chi connectivity index (χ3v) is 4.24. The van der Waals surface area contributed by atoms with Gasteiger partial charge in [0, 0.05) is 10.1 Å². The Bertz CT molecular complexity index is 678. The number of halogens is 1. The van der Waals surface area contributed by atoms with Gasteiger partial charge in [-0.25, -0.2) is 0 Å². The van der Waals surface area contributed by atoms with Crippen LogP contribution in [-0.2, 0) is 6.54 Å². The maximum atomic E-state index is 12.3. The van der Waals surface area contributed by atoms with Crippen LogP contribution in [0.25, 0.3) is 0 Å². The summed E-state index contributed by atoms with van der Waals surface area (Å²) in [5, 5.41) is 2.90. The number of amides is 1. The Balaban J connectivity index is 2.17. The van der Waals surface area contributed by atoms with Gasteiger partial charge in [-0.1, -0.05) is 12.1 Å². The van der Waals surface area contributed by atoms with Gasteiger partial charge in [0.25, 0.3) is 5.91 Å². The molecule has 5 nitrogen and oxygen atoms in total. The van der Waals surface area contributed by atoms with Crippen molar-refractivity contribution in [1.29, 1.82) is 0 Å². The van der Waals surface area contributed by atoms with E-state index >= 15 is 0 Å². The predicted octanol–water partition coefficient (Wildman–Crippen LogP) is 3.25. The van der Waals surface area contributed by atoms with Crippen LogP contribution in [0.3, 0.4) is 0 Å². The molecule has 0 aliphatic carbocycles. The Morgan fingerprint density at radius 3 is 2.17 bits per heavy atom. The zero-order valence-electron chi connectivity index (χ0n) is 13.2. The first-order valence-electron chi connectivity index (χ1n) is 6.92. The summed E-state index contributed by atoms with van der Waals surface area (Å²) in [5.74, 6) is 1.53. The second kappa shape index (κ2) is 8.05. The van der Waals surface area contributed by atoms with Gasteiger partial charge in [-0.3, -0.25) is 4.79 Å². The van der Waals surface area contributed by atoms with Gasteiger partial charge in [0.2, 0.25) is 5.75 Å². The van der Waals surface area contributed by atoms with E-state index in [1.54, 1.807) is 27.4 Å². The van der Waals surface area contributed by atoms with Crippen LogP contribution in [0.15, 0.2) is 36.4 Å². The van der Waals surface area contributed by atoms with Gasteiger partial charge in [-0.05, 0) is 52.4 Å². The molecule has 2 aromatic carbocycles. The van der Waals surface area contributed by atoms with Crippen molar-refractivity contribution in [2.45, 2.75) is 6.54 Å². The van der Waals surface area contributed by atoms with Crippen molar-refractivity contribution in [2.24, 2.45) is 0 Å². The third-order valence-electron chi connectivity index (χ3n) is 3.30. The molecule has 1 amide bonds. The molecule has 122 valence electrons. The minimum absolute atomic E-state index is 0.122. The molecule has 2 aromatic rings. The fourth-order valence-electron chi connectivity index (χ4n) is 2.16. The largest absolute Gasteiger partial charge is 0.493 e. The molecule has 0 spiro atoms. The van der Waals surface area contributed by atoms with Crippen LogP contribution < -0.4 is 19.5 Å². The first kappa shape index (κ1) is 17.4. The Morgan fingerprint density at radius 2 is 1.65 bits per heavy atom. The second-order valence-electron chi connectivity index (χ2n) is 4.70. The molecule has 0 saturated heterocycles. The molecule has 0 fully saturated rings. The lowest BCUT2D eigenvalue weighted by atomic mass is 10.1. The van der Waals surface area contributed by atoms with E-state index in [2.05, 4.69) is 27.9 Å². The molecule has 2 rings (SSSR count). The Morgan fingerprint density at radius 1 is 1.04 bits per heavy atom. The van der Waals surface area contributed by atoms with E-state index in [0.717, 1.165) is 9.13 Å². The van der Waals surface area contributed by atoms with Crippen molar-refractivity contribution in [3.63, 3.8) is 0 Å². The van der Waals surface area contributed by atoms with Gasteiger partial charge in [0.1, 0.15) is 0 Å². The number of benzene rings is 2. The molecule has 23 heavy (non-hydrogen) atoms. The summed E-state index contributed by atoms with van der Waals surface area (Å²) in [5.41, 5.74) is 1.51. The average Bonchev–Trinajstić information content (AvgIpc) is 2.58. The Kier molecular flexibility index (Phi) is 6.09. The van der Waals surface area contributed by atoms with Gasteiger partial charge in [0.15, 0.2) is 11.5 Å². The van der Waals surface area contributed by atoms with E-state index < -0.39 is 0 Å². The lowest BCUT2D eigenvalue weighted by Gasteiger charge is -2.14. The number of ether oxygens (including phenoxy) is 3. The summed E-state index contributed by atoms with van der Waals surface area (Å²) in [7, 11) is 4.68. The van der Waals surface area contributed by atoms with Crippen LogP contribution in [0.2, 0.25) is 0 Å². The molecule has 0 aliphatic rings. The highest BCUT2D eigenvalue weighted by Crippen LogP contribution is 2.38. The van der Waals surface area contributed by atoms with Gasteiger partial charge in [-0.2, -0.15) is 0 Å². The number of hydrogen-bond acceptors (Lipinski definition) is 4. The fourth-order valence-corrected chi connectivity index (χ4v) is 2.79. The zero-order valence-corrected chi connectivity index (χ0v) is 15.3. The highest BCUT2D eigenvalue weighted by Gasteiger charge is 2.14. The fraction of sp³-hybridized carbons (Fsp3) is 0.235. The molecule has 0 unspecified atom stereocenters. The van der Waals surface area contributed by atoms with E-state index in [4.69, 9.17) is 14.2 Å². The van der Waals surface area contributed by atoms with E-state index in [-0.39, 0.29) is 5.91 Å². The van der Waals surface area contributed by atoms with Crippen molar-refractivity contribution >= 4 is 28.5 Å². The zero-order chi connectivity index (χ0) is 16.8. The molecule has 0 atom stereocenters. The van der Waals surface area contributed by atoms with Crippen LogP contribution in [0.1, 0.15) is 15.9 Å². The summed E-state index contributed by atoms with van der Waals surface area (Å²) in [4.78, 5) is 12.3. The SMILES string of the molecule is COc1cc(CNC(=O)c2ccccc2I)cc(OC)c1OC. The standard InChI is InChI=1S/C17H18INO4/c1-21-14-8-11(9-15(22-2)16(14)23-3)10-19-17(20)12-6-4-5-7-13(12)18/h4-9H,10H2,1-3H3,(H,19,20). The molecular formula is C17H18INO4. The summed E-state index contributed by atoms with van der Waals surface area (Å²) in [6.07, 6.45) is 0. The first-order chi connectivity index (χ1) is 11.1. The molecule has 0 bridgehead atoms. The monoisotopic (exact) mass is 427 g/mol. The van der Waals surface area contributed by atoms with Crippen LogP contribution in [0.5, 0.6) is 17.2 Å². The number of nitrogens with one attached hydrogen (secondary N) is 1. The summed E-state index contributed by atoms with van der Waals surface area (Å²) in [6.45, 7) is 0.362. The van der Waals surface area contributed by atoms with Crippen molar-refractivity contribution in [2.75, 3.05) is 21.3 Å². The Hall–Kier alpha value is -1.96. The topological polar surface area (TPSA) is 56.8 Å². The molecule has 0 aromatic heterocycles. The van der Waals surface area contributed by atoms with Crippen molar-refractivity contribution in [3.8, 4) is 17.2 Å². The number of carbonyl (C=O) groups excluding carboxylic acids is 1. The smallest absolute Gasteiger partial charge is 0.252 e. The van der Waals surface area contributed by atoms with Crippen LogP contribution >= 0.6 is 22.6 Å². The minimum atomic E-state index is -0.122. The molecule has 0 radical (unpaired) electrons. The van der Waals surface area contributed by atoms with Gasteiger partial charge < -0.3 is 19.5 Å². The lowest BCUT2D eigenvalue weighted by molar-refractivity contribution is 0.0950. The highest BCUT2D eigenvalue weighted by molar-refractivity contribution is 14.1. The number of methoxy groups -OCH3 is 3. The van der Waals surface area contributed by atoms with Crippen molar-refractivity contribution < 1.29 is 19.0 Å². The molecule has 6 heteroatoms. The Labute approximate surface area is 149 Å². The average molecular weight is 427 g/mol. The minimum Gasteiger partial charge on any atom is -0.493 e. The van der Waals surface area contributed by atoms with E-state index in [1.165, 1.54) is 0 Å². The summed E-state index contributed by atoms with van der Waals surface area (Å²) in [6, 6.07) is 11.1. The van der Waals surface area contributed by atoms with E-state index in [9.17, 15) is 4.79 Å². The lowest BCUT2D eigenvalue weighted by Crippen LogP contribution is -2.23. The van der Waals surface area contributed by atoms with Crippen molar-refractivity contribution in [3.05, 3.63) is 51.1 Å². The first-order valence-corrected chi connectivity index (χ1v) is 8.00. The number of hydrogen-bond donors (Lipinski definition) is 1. The van der Waals surface area contributed by atoms with E-state index in [1.807, 2.05) is 30.3 Å². The maximum absolute atomic E-state index is 12.3. The van der Waals surface area contributed by atoms with Crippen molar-refractivity contribution in [1.82, 2.24) is 5.32 Å². The van der Waals surface area contributed by atoms with Crippen LogP contribution in [0.4, 0.5) is 0 Å². The van der Waals surface area contributed by atoms with Crippen LogP contribution in [-0.4, -0.2) is 27.2 Å². The van der Waals surface area contributed by atoms with E-state index in [0.29, 0.717) is 29.4 Å². The van der Waals surface area contributed by atoms with Gasteiger partial charge >= 0.3 is 0 Å². The quantitative estimate of drug-likeness (QED) is 0.720. The maximum Gasteiger partial charge on any atom is 0.252 e. The highest BCUT2D eigenvalue weighted by atomic mass is 127. The van der Waals surface area contributed by atoms with Crippen LogP contribution in [0, 0.1) is 3.57 Å². The molecule has 0 saturated carbocycles. The molecule has 0 heterocycles. The normalized spacial score (nSPS) is 10.1. The van der Waals surface area contributed by atoms with Gasteiger partial charge in [0.05, 0.1) is 26.9 Å². The summed E-state index contributed by atoms with van der Waals surface area (Å²) < 4.78 is 16.8. The number of rotatable bonds is 6. The van der Waals surface area contributed by atoms with Gasteiger partial charge in [-0.15, -0.1) is 0 Å². The third kappa shape index (κ3) is 4.07. The summed E-state index contributed by atoms with van der Waals surface area (Å²) >= 11 is 2.14. The molecule has 1 N–H and O–H groups in total.